The quantitative estimate of drug-likeness (QED) is 0.875. The van der Waals surface area contributed by atoms with Crippen LogP contribution in [0.25, 0.3) is 0 Å². The van der Waals surface area contributed by atoms with Gasteiger partial charge in [-0.25, -0.2) is 4.39 Å². The van der Waals surface area contributed by atoms with Gasteiger partial charge in [0.2, 0.25) is 0 Å². The maximum atomic E-state index is 13.1. The van der Waals surface area contributed by atoms with E-state index in [0.29, 0.717) is 6.61 Å². The van der Waals surface area contributed by atoms with Crippen molar-refractivity contribution in [3.05, 3.63) is 59.7 Å². The number of rotatable bonds is 6. The fourth-order valence-corrected chi connectivity index (χ4v) is 2.18. The number of aromatic nitrogens is 1. The van der Waals surface area contributed by atoms with Crippen LogP contribution in [0.5, 0.6) is 5.75 Å². The van der Waals surface area contributed by atoms with Crippen LogP contribution >= 0.6 is 0 Å². The highest BCUT2D eigenvalue weighted by atomic mass is 19.1. The lowest BCUT2D eigenvalue weighted by Gasteiger charge is -2.18. The van der Waals surface area contributed by atoms with E-state index in [9.17, 15) is 4.39 Å². The first-order chi connectivity index (χ1) is 9.74. The Hall–Kier alpha value is -1.94. The van der Waals surface area contributed by atoms with Gasteiger partial charge in [-0.1, -0.05) is 25.1 Å². The van der Waals surface area contributed by atoms with E-state index in [-0.39, 0.29) is 11.9 Å². The first-order valence-electron chi connectivity index (χ1n) is 6.73. The van der Waals surface area contributed by atoms with Crippen LogP contribution in [0.3, 0.4) is 0 Å². The molecule has 0 radical (unpaired) electrons. The van der Waals surface area contributed by atoms with Crippen LogP contribution in [0, 0.1) is 5.82 Å². The Morgan fingerprint density at radius 3 is 2.80 bits per heavy atom. The maximum Gasteiger partial charge on any atom is 0.141 e. The van der Waals surface area contributed by atoms with E-state index in [1.807, 2.05) is 31.3 Å². The molecule has 0 aliphatic carbocycles. The molecular weight excluding hydrogens is 255 g/mol. The number of benzene rings is 1. The highest BCUT2D eigenvalue weighted by molar-refractivity contribution is 5.36. The van der Waals surface area contributed by atoms with Gasteiger partial charge in [0.15, 0.2) is 0 Å². The summed E-state index contributed by atoms with van der Waals surface area (Å²) < 4.78 is 18.9. The summed E-state index contributed by atoms with van der Waals surface area (Å²) in [4.78, 5) is 3.82. The minimum absolute atomic E-state index is 0.247. The summed E-state index contributed by atoms with van der Waals surface area (Å²) >= 11 is 0. The Kier molecular flexibility index (Phi) is 5.07. The highest BCUT2D eigenvalue weighted by Crippen LogP contribution is 2.27. The van der Waals surface area contributed by atoms with Crippen molar-refractivity contribution in [3.63, 3.8) is 0 Å². The van der Waals surface area contributed by atoms with Crippen molar-refractivity contribution >= 4 is 0 Å². The lowest BCUT2D eigenvalue weighted by molar-refractivity contribution is 0.298. The second-order valence-corrected chi connectivity index (χ2v) is 4.59. The number of ether oxygens (including phenoxy) is 1. The molecule has 1 aromatic carbocycles. The van der Waals surface area contributed by atoms with E-state index < -0.39 is 0 Å². The fourth-order valence-electron chi connectivity index (χ4n) is 2.18. The Morgan fingerprint density at radius 2 is 2.10 bits per heavy atom. The largest absolute Gasteiger partial charge is 0.489 e. The van der Waals surface area contributed by atoms with E-state index in [0.717, 1.165) is 23.3 Å². The number of hydrogen-bond donors (Lipinski definition) is 1. The highest BCUT2D eigenvalue weighted by Gasteiger charge is 2.12. The van der Waals surface area contributed by atoms with Gasteiger partial charge in [0, 0.05) is 23.4 Å². The van der Waals surface area contributed by atoms with Gasteiger partial charge in [-0.15, -0.1) is 0 Å². The van der Waals surface area contributed by atoms with E-state index in [1.165, 1.54) is 12.3 Å². The van der Waals surface area contributed by atoms with Crippen molar-refractivity contribution in [2.75, 3.05) is 7.05 Å². The van der Waals surface area contributed by atoms with Gasteiger partial charge in [0.1, 0.15) is 18.2 Å². The molecule has 20 heavy (non-hydrogen) atoms. The van der Waals surface area contributed by atoms with Gasteiger partial charge in [-0.05, 0) is 25.6 Å². The summed E-state index contributed by atoms with van der Waals surface area (Å²) in [6.45, 7) is 2.43. The van der Waals surface area contributed by atoms with Gasteiger partial charge in [0.05, 0.1) is 6.20 Å². The summed E-state index contributed by atoms with van der Waals surface area (Å²) in [6.07, 6.45) is 3.77. The smallest absolute Gasteiger partial charge is 0.141 e. The van der Waals surface area contributed by atoms with E-state index in [1.54, 1.807) is 6.20 Å². The van der Waals surface area contributed by atoms with E-state index in [2.05, 4.69) is 17.2 Å². The lowest BCUT2D eigenvalue weighted by Crippen LogP contribution is -2.16. The van der Waals surface area contributed by atoms with Gasteiger partial charge in [0.25, 0.3) is 0 Å². The number of nitrogens with zero attached hydrogens (tertiary/aromatic N) is 1. The van der Waals surface area contributed by atoms with Crippen molar-refractivity contribution in [1.82, 2.24) is 10.3 Å². The van der Waals surface area contributed by atoms with Crippen LogP contribution in [0.2, 0.25) is 0 Å². The number of hydrogen-bond acceptors (Lipinski definition) is 3. The molecule has 2 aromatic rings. The number of nitrogens with one attached hydrogen (secondary N) is 1. The molecule has 1 unspecified atom stereocenters. The standard InChI is InChI=1S/C16H19FN2O/c1-3-15(18-2)14-6-4-5-7-16(14)20-11-12-8-13(17)10-19-9-12/h4-10,15,18H,3,11H2,1-2H3. The first kappa shape index (κ1) is 14.5. The molecule has 0 bridgehead atoms. The molecule has 0 aliphatic heterocycles. The fraction of sp³-hybridized carbons (Fsp3) is 0.312. The van der Waals surface area contributed by atoms with Gasteiger partial charge in [-0.3, -0.25) is 4.98 Å². The van der Waals surface area contributed by atoms with Crippen LogP contribution in [-0.4, -0.2) is 12.0 Å². The number of para-hydroxylation sites is 1. The topological polar surface area (TPSA) is 34.1 Å². The average Bonchev–Trinajstić information content (AvgIpc) is 2.48. The van der Waals surface area contributed by atoms with Gasteiger partial charge in [-0.2, -0.15) is 0 Å². The van der Waals surface area contributed by atoms with Crippen LogP contribution in [-0.2, 0) is 6.61 Å². The molecule has 0 saturated carbocycles. The Morgan fingerprint density at radius 1 is 1.30 bits per heavy atom. The monoisotopic (exact) mass is 274 g/mol. The maximum absolute atomic E-state index is 13.1. The molecule has 4 heteroatoms. The SMILES string of the molecule is CCC(NC)c1ccccc1OCc1cncc(F)c1. The zero-order chi connectivity index (χ0) is 14.4. The molecule has 0 spiro atoms. The van der Waals surface area contributed by atoms with Gasteiger partial charge >= 0.3 is 0 Å². The minimum atomic E-state index is -0.346. The first-order valence-corrected chi connectivity index (χ1v) is 6.73. The lowest BCUT2D eigenvalue weighted by atomic mass is 10.0. The van der Waals surface area contributed by atoms with E-state index >= 15 is 0 Å². The minimum Gasteiger partial charge on any atom is -0.489 e. The summed E-state index contributed by atoms with van der Waals surface area (Å²) in [7, 11) is 1.93. The molecule has 1 heterocycles. The summed E-state index contributed by atoms with van der Waals surface area (Å²) in [6, 6.07) is 9.59. The summed E-state index contributed by atoms with van der Waals surface area (Å²) in [5.41, 5.74) is 1.83. The molecule has 2 rings (SSSR count). The predicted octanol–water partition coefficient (Wildman–Crippen LogP) is 3.47. The Labute approximate surface area is 118 Å². The molecule has 1 N–H and O–H groups in total. The molecule has 3 nitrogen and oxygen atoms in total. The Bertz CT molecular complexity index is 556. The predicted molar refractivity (Wildman–Crippen MR) is 77.1 cm³/mol. The van der Waals surface area contributed by atoms with Crippen LogP contribution in [0.1, 0.15) is 30.5 Å². The normalized spacial score (nSPS) is 12.2. The van der Waals surface area contributed by atoms with Gasteiger partial charge < -0.3 is 10.1 Å². The second-order valence-electron chi connectivity index (χ2n) is 4.59. The van der Waals surface area contributed by atoms with Crippen LogP contribution in [0.4, 0.5) is 4.39 Å². The number of pyridine rings is 1. The number of halogens is 1. The van der Waals surface area contributed by atoms with Crippen molar-refractivity contribution in [2.24, 2.45) is 0 Å². The Balaban J connectivity index is 2.13. The third kappa shape index (κ3) is 3.54. The van der Waals surface area contributed by atoms with Crippen molar-refractivity contribution < 1.29 is 9.13 Å². The third-order valence-corrected chi connectivity index (χ3v) is 3.21. The zero-order valence-corrected chi connectivity index (χ0v) is 11.8. The van der Waals surface area contributed by atoms with Crippen molar-refractivity contribution in [2.45, 2.75) is 26.0 Å². The molecular formula is C16H19FN2O. The molecule has 1 aromatic heterocycles. The van der Waals surface area contributed by atoms with Crippen LogP contribution < -0.4 is 10.1 Å². The molecule has 0 aliphatic rings. The van der Waals surface area contributed by atoms with Crippen molar-refractivity contribution in [3.8, 4) is 5.75 Å². The summed E-state index contributed by atoms with van der Waals surface area (Å²) in [5, 5.41) is 3.26. The second kappa shape index (κ2) is 7.01. The van der Waals surface area contributed by atoms with Crippen LogP contribution in [0.15, 0.2) is 42.7 Å². The van der Waals surface area contributed by atoms with E-state index in [4.69, 9.17) is 4.74 Å². The molecule has 106 valence electrons. The third-order valence-electron chi connectivity index (χ3n) is 3.21. The van der Waals surface area contributed by atoms with Crippen molar-refractivity contribution in [1.29, 1.82) is 0 Å². The molecule has 0 amide bonds. The molecule has 1 atom stereocenters. The molecule has 0 fully saturated rings. The average molecular weight is 274 g/mol. The summed E-state index contributed by atoms with van der Waals surface area (Å²) in [5.74, 6) is 0.471. The zero-order valence-electron chi connectivity index (χ0n) is 11.8. The molecule has 0 saturated heterocycles.